The van der Waals surface area contributed by atoms with Crippen LogP contribution in [-0.2, 0) is 0 Å². The van der Waals surface area contributed by atoms with Gasteiger partial charge >= 0.3 is 5.97 Å². The SMILES string of the molecule is CC(C)CNc1ccnc2cc(C(=O)O)nn12. The molecule has 0 atom stereocenters. The predicted molar refractivity (Wildman–Crippen MR) is 63.3 cm³/mol. The number of hydrogen-bond acceptors (Lipinski definition) is 4. The molecular formula is C11H14N4O2. The number of hydrogen-bond donors (Lipinski definition) is 2. The van der Waals surface area contributed by atoms with E-state index in [1.807, 2.05) is 0 Å². The maximum Gasteiger partial charge on any atom is 0.356 e. The van der Waals surface area contributed by atoms with Gasteiger partial charge in [-0.25, -0.2) is 9.78 Å². The molecule has 2 heterocycles. The van der Waals surface area contributed by atoms with Crippen molar-refractivity contribution in [2.75, 3.05) is 11.9 Å². The van der Waals surface area contributed by atoms with E-state index in [9.17, 15) is 4.79 Å². The number of aromatic carboxylic acids is 1. The number of rotatable bonds is 4. The van der Waals surface area contributed by atoms with Crippen molar-refractivity contribution in [1.29, 1.82) is 0 Å². The van der Waals surface area contributed by atoms with Crippen LogP contribution < -0.4 is 5.32 Å². The lowest BCUT2D eigenvalue weighted by molar-refractivity contribution is 0.0690. The quantitative estimate of drug-likeness (QED) is 0.837. The van der Waals surface area contributed by atoms with E-state index in [4.69, 9.17) is 5.11 Å². The minimum absolute atomic E-state index is 0.00343. The Morgan fingerprint density at radius 3 is 3.00 bits per heavy atom. The smallest absolute Gasteiger partial charge is 0.356 e. The number of carboxylic acids is 1. The summed E-state index contributed by atoms with van der Waals surface area (Å²) in [6, 6.07) is 3.22. The molecule has 0 bridgehead atoms. The maximum absolute atomic E-state index is 10.8. The zero-order chi connectivity index (χ0) is 12.4. The Balaban J connectivity index is 2.38. The molecule has 17 heavy (non-hydrogen) atoms. The number of anilines is 1. The molecule has 0 saturated carbocycles. The molecule has 0 unspecified atom stereocenters. The molecule has 6 nitrogen and oxygen atoms in total. The van der Waals surface area contributed by atoms with Crippen molar-refractivity contribution in [1.82, 2.24) is 14.6 Å². The highest BCUT2D eigenvalue weighted by Gasteiger charge is 2.11. The van der Waals surface area contributed by atoms with Crippen molar-refractivity contribution in [2.24, 2.45) is 5.92 Å². The molecule has 90 valence electrons. The first-order valence-corrected chi connectivity index (χ1v) is 5.40. The van der Waals surface area contributed by atoms with Gasteiger partial charge < -0.3 is 10.4 Å². The summed E-state index contributed by atoms with van der Waals surface area (Å²) in [5.74, 6) is 0.189. The molecule has 0 aliphatic heterocycles. The largest absolute Gasteiger partial charge is 0.476 e. The van der Waals surface area contributed by atoms with Crippen LogP contribution in [0.5, 0.6) is 0 Å². The van der Waals surface area contributed by atoms with Gasteiger partial charge in [0.05, 0.1) is 0 Å². The van der Waals surface area contributed by atoms with Crippen LogP contribution in [0, 0.1) is 5.92 Å². The number of fused-ring (bicyclic) bond motifs is 1. The van der Waals surface area contributed by atoms with E-state index < -0.39 is 5.97 Å². The third-order valence-corrected chi connectivity index (χ3v) is 2.27. The highest BCUT2D eigenvalue weighted by atomic mass is 16.4. The zero-order valence-corrected chi connectivity index (χ0v) is 9.71. The van der Waals surface area contributed by atoms with Crippen LogP contribution in [-0.4, -0.2) is 32.2 Å². The Morgan fingerprint density at radius 1 is 1.59 bits per heavy atom. The third kappa shape index (κ3) is 2.35. The van der Waals surface area contributed by atoms with Gasteiger partial charge in [-0.05, 0) is 12.0 Å². The highest BCUT2D eigenvalue weighted by molar-refractivity contribution is 5.86. The van der Waals surface area contributed by atoms with E-state index in [0.717, 1.165) is 12.4 Å². The molecule has 0 spiro atoms. The molecule has 0 radical (unpaired) electrons. The Labute approximate surface area is 98.3 Å². The summed E-state index contributed by atoms with van der Waals surface area (Å²) in [6.45, 7) is 4.98. The first-order chi connectivity index (χ1) is 8.08. The van der Waals surface area contributed by atoms with Gasteiger partial charge in [0.1, 0.15) is 5.82 Å². The lowest BCUT2D eigenvalue weighted by atomic mass is 10.2. The summed E-state index contributed by atoms with van der Waals surface area (Å²) >= 11 is 0. The molecule has 2 aromatic heterocycles. The molecule has 0 saturated heterocycles. The van der Waals surface area contributed by atoms with Gasteiger partial charge in [0, 0.05) is 18.8 Å². The van der Waals surface area contributed by atoms with Crippen molar-refractivity contribution >= 4 is 17.4 Å². The van der Waals surface area contributed by atoms with Crippen LogP contribution in [0.1, 0.15) is 24.3 Å². The van der Waals surface area contributed by atoms with Gasteiger partial charge in [0.15, 0.2) is 11.3 Å². The lowest BCUT2D eigenvalue weighted by Gasteiger charge is -2.09. The van der Waals surface area contributed by atoms with Crippen LogP contribution in [0.25, 0.3) is 5.65 Å². The first-order valence-electron chi connectivity index (χ1n) is 5.40. The van der Waals surface area contributed by atoms with E-state index in [1.165, 1.54) is 10.6 Å². The van der Waals surface area contributed by atoms with E-state index in [-0.39, 0.29) is 5.69 Å². The average Bonchev–Trinajstić information content (AvgIpc) is 2.70. The number of nitrogens with one attached hydrogen (secondary N) is 1. The third-order valence-electron chi connectivity index (χ3n) is 2.27. The lowest BCUT2D eigenvalue weighted by Crippen LogP contribution is -2.11. The normalized spacial score (nSPS) is 11.0. The van der Waals surface area contributed by atoms with Crippen LogP contribution in [0.3, 0.4) is 0 Å². The Kier molecular flexibility index (Phi) is 2.95. The molecule has 0 aromatic carbocycles. The first kappa shape index (κ1) is 11.4. The highest BCUT2D eigenvalue weighted by Crippen LogP contribution is 2.11. The van der Waals surface area contributed by atoms with E-state index in [0.29, 0.717) is 11.6 Å². The predicted octanol–water partition coefficient (Wildman–Crippen LogP) is 1.50. The summed E-state index contributed by atoms with van der Waals surface area (Å²) in [5, 5.41) is 16.1. The van der Waals surface area contributed by atoms with Crippen LogP contribution in [0.4, 0.5) is 5.82 Å². The average molecular weight is 234 g/mol. The summed E-state index contributed by atoms with van der Waals surface area (Å²) in [6.07, 6.45) is 1.63. The van der Waals surface area contributed by atoms with Gasteiger partial charge in [-0.15, -0.1) is 0 Å². The van der Waals surface area contributed by atoms with Gasteiger partial charge in [-0.3, -0.25) is 0 Å². The second kappa shape index (κ2) is 4.40. The Bertz CT molecular complexity index is 547. The number of aromatic nitrogens is 3. The maximum atomic E-state index is 10.8. The molecule has 0 fully saturated rings. The van der Waals surface area contributed by atoms with Crippen LogP contribution >= 0.6 is 0 Å². The van der Waals surface area contributed by atoms with Gasteiger partial charge in [0.2, 0.25) is 0 Å². The standard InChI is InChI=1S/C11H14N4O2/c1-7(2)6-13-9-3-4-12-10-5-8(11(16)17)14-15(9)10/h3-5,7,13H,6H2,1-2H3,(H,16,17). The van der Waals surface area contributed by atoms with Gasteiger partial charge in [-0.1, -0.05) is 13.8 Å². The molecule has 0 amide bonds. The Hall–Kier alpha value is -2.11. The molecule has 6 heteroatoms. The van der Waals surface area contributed by atoms with Crippen molar-refractivity contribution < 1.29 is 9.90 Å². The van der Waals surface area contributed by atoms with E-state index in [2.05, 4.69) is 29.2 Å². The van der Waals surface area contributed by atoms with Crippen molar-refractivity contribution in [3.63, 3.8) is 0 Å². The summed E-state index contributed by atoms with van der Waals surface area (Å²) < 4.78 is 1.51. The van der Waals surface area contributed by atoms with Crippen molar-refractivity contribution in [3.8, 4) is 0 Å². The zero-order valence-electron chi connectivity index (χ0n) is 9.71. The number of carbonyl (C=O) groups is 1. The second-order valence-electron chi connectivity index (χ2n) is 4.21. The van der Waals surface area contributed by atoms with Crippen LogP contribution in [0.2, 0.25) is 0 Å². The molecule has 0 aliphatic carbocycles. The Morgan fingerprint density at radius 2 is 2.35 bits per heavy atom. The minimum Gasteiger partial charge on any atom is -0.476 e. The molecular weight excluding hydrogens is 220 g/mol. The number of carboxylic acid groups (broad SMARTS) is 1. The van der Waals surface area contributed by atoms with Gasteiger partial charge in [-0.2, -0.15) is 9.61 Å². The fourth-order valence-corrected chi connectivity index (χ4v) is 1.44. The summed E-state index contributed by atoms with van der Waals surface area (Å²) in [7, 11) is 0. The van der Waals surface area contributed by atoms with E-state index in [1.54, 1.807) is 12.3 Å². The second-order valence-corrected chi connectivity index (χ2v) is 4.21. The fourth-order valence-electron chi connectivity index (χ4n) is 1.44. The van der Waals surface area contributed by atoms with Crippen LogP contribution in [0.15, 0.2) is 18.3 Å². The monoisotopic (exact) mass is 234 g/mol. The van der Waals surface area contributed by atoms with Gasteiger partial charge in [0.25, 0.3) is 0 Å². The van der Waals surface area contributed by atoms with Crippen molar-refractivity contribution in [2.45, 2.75) is 13.8 Å². The molecule has 2 N–H and O–H groups in total. The fraction of sp³-hybridized carbons (Fsp3) is 0.364. The van der Waals surface area contributed by atoms with Crippen molar-refractivity contribution in [3.05, 3.63) is 24.0 Å². The molecule has 2 aromatic rings. The minimum atomic E-state index is -1.05. The summed E-state index contributed by atoms with van der Waals surface area (Å²) in [5.41, 5.74) is 0.521. The topological polar surface area (TPSA) is 79.5 Å². The van der Waals surface area contributed by atoms with E-state index >= 15 is 0 Å². The molecule has 0 aliphatic rings. The summed E-state index contributed by atoms with van der Waals surface area (Å²) in [4.78, 5) is 14.9. The molecule has 2 rings (SSSR count). The number of nitrogens with zero attached hydrogens (tertiary/aromatic N) is 3.